The number of halogens is 3. The Kier molecular flexibility index (Phi) is 9.32. The van der Waals surface area contributed by atoms with Gasteiger partial charge in [0.05, 0.1) is 0 Å². The predicted octanol–water partition coefficient (Wildman–Crippen LogP) is 6.12. The van der Waals surface area contributed by atoms with Crippen molar-refractivity contribution in [2.45, 2.75) is 19.0 Å². The number of hydrogen-bond acceptors (Lipinski definition) is 2. The van der Waals surface area contributed by atoms with Crippen LogP contribution in [0.2, 0.25) is 5.02 Å². The highest BCUT2D eigenvalue weighted by Crippen LogP contribution is 2.25. The Morgan fingerprint density at radius 1 is 0.724 bits per heavy atom. The lowest BCUT2D eigenvalue weighted by atomic mass is 10.0. The van der Waals surface area contributed by atoms with Crippen LogP contribution in [0, 0.1) is 0 Å². The quantitative estimate of drug-likeness (QED) is 0.463. The molecule has 2 nitrogen and oxygen atoms in total. The van der Waals surface area contributed by atoms with Crippen molar-refractivity contribution in [2.75, 3.05) is 24.5 Å². The Balaban J connectivity index is 0.00000150. The molecule has 0 unspecified atom stereocenters. The Hall–Kier alpha value is -1.71. The van der Waals surface area contributed by atoms with Gasteiger partial charge in [0, 0.05) is 42.9 Å². The van der Waals surface area contributed by atoms with Crippen molar-refractivity contribution in [3.05, 3.63) is 101 Å². The predicted molar refractivity (Wildman–Crippen MR) is 129 cm³/mol. The van der Waals surface area contributed by atoms with E-state index < -0.39 is 0 Å². The van der Waals surface area contributed by atoms with Gasteiger partial charge in [-0.15, -0.1) is 24.8 Å². The Bertz CT molecular complexity index is 841. The van der Waals surface area contributed by atoms with E-state index in [0.717, 1.165) is 37.6 Å². The monoisotopic (exact) mass is 448 g/mol. The van der Waals surface area contributed by atoms with Gasteiger partial charge in [0.25, 0.3) is 0 Å². The Morgan fingerprint density at radius 3 is 1.93 bits per heavy atom. The molecule has 1 heterocycles. The molecule has 1 aliphatic rings. The number of hydrogen-bond donors (Lipinski definition) is 0. The summed E-state index contributed by atoms with van der Waals surface area (Å²) in [4.78, 5) is 5.13. The summed E-state index contributed by atoms with van der Waals surface area (Å²) in [6.45, 7) is 4.18. The highest BCUT2D eigenvalue weighted by Gasteiger charge is 2.27. The van der Waals surface area contributed by atoms with Crippen LogP contribution in [0.15, 0.2) is 84.9 Å². The first-order valence-corrected chi connectivity index (χ1v) is 9.98. The van der Waals surface area contributed by atoms with Crippen LogP contribution < -0.4 is 4.90 Å². The molecule has 0 aliphatic carbocycles. The Labute approximate surface area is 191 Å². The highest BCUT2D eigenvalue weighted by molar-refractivity contribution is 6.30. The van der Waals surface area contributed by atoms with Gasteiger partial charge in [-0.05, 0) is 41.8 Å². The maximum absolute atomic E-state index is 6.10. The van der Waals surface area contributed by atoms with Crippen LogP contribution in [0.25, 0.3) is 0 Å². The van der Waals surface area contributed by atoms with Crippen LogP contribution in [0.3, 0.4) is 0 Å². The maximum atomic E-state index is 6.10. The number of nitrogens with zero attached hydrogens (tertiary/aromatic N) is 2. The van der Waals surface area contributed by atoms with Crippen molar-refractivity contribution in [1.29, 1.82) is 0 Å². The summed E-state index contributed by atoms with van der Waals surface area (Å²) in [6, 6.07) is 30.3. The van der Waals surface area contributed by atoms with Crippen molar-refractivity contribution >= 4 is 42.1 Å². The lowest BCUT2D eigenvalue weighted by Gasteiger charge is -2.43. The second kappa shape index (κ2) is 11.5. The zero-order valence-corrected chi connectivity index (χ0v) is 18.7. The Morgan fingerprint density at radius 2 is 1.31 bits per heavy atom. The number of piperazine rings is 1. The standard InChI is InChI=1S/C24H25ClN2.2ClH/c25-22-11-13-23(14-12-22)27-16-15-26(18-21-9-5-2-6-10-21)19-24(27)17-20-7-3-1-4-8-20;;/h1-14,24H,15-19H2;2*1H/t24-;;/m0../s1. The van der Waals surface area contributed by atoms with Crippen molar-refractivity contribution in [3.63, 3.8) is 0 Å². The van der Waals surface area contributed by atoms with Crippen LogP contribution in [0.5, 0.6) is 0 Å². The van der Waals surface area contributed by atoms with Crippen molar-refractivity contribution in [2.24, 2.45) is 0 Å². The molecule has 3 aromatic carbocycles. The molecular weight excluding hydrogens is 423 g/mol. The van der Waals surface area contributed by atoms with E-state index in [2.05, 4.69) is 82.6 Å². The van der Waals surface area contributed by atoms with E-state index in [0.29, 0.717) is 6.04 Å². The van der Waals surface area contributed by atoms with Crippen LogP contribution in [0.4, 0.5) is 5.69 Å². The number of anilines is 1. The first kappa shape index (κ1) is 23.6. The van der Waals surface area contributed by atoms with Gasteiger partial charge in [0.15, 0.2) is 0 Å². The summed E-state index contributed by atoms with van der Waals surface area (Å²) in [5.41, 5.74) is 4.04. The fourth-order valence-electron chi connectivity index (χ4n) is 3.94. The number of rotatable bonds is 5. The first-order valence-electron chi connectivity index (χ1n) is 9.60. The molecule has 5 heteroatoms. The fraction of sp³-hybridized carbons (Fsp3) is 0.250. The third-order valence-electron chi connectivity index (χ3n) is 5.29. The summed E-state index contributed by atoms with van der Waals surface area (Å²) < 4.78 is 0. The van der Waals surface area contributed by atoms with Gasteiger partial charge >= 0.3 is 0 Å². The molecule has 4 rings (SSSR count). The van der Waals surface area contributed by atoms with Crippen LogP contribution in [-0.4, -0.2) is 30.6 Å². The average Bonchev–Trinajstić information content (AvgIpc) is 2.71. The lowest BCUT2D eigenvalue weighted by Crippen LogP contribution is -2.53. The summed E-state index contributed by atoms with van der Waals surface area (Å²) in [6.07, 6.45) is 1.05. The minimum Gasteiger partial charge on any atom is -0.366 e. The molecule has 1 saturated heterocycles. The highest BCUT2D eigenvalue weighted by atomic mass is 35.5. The van der Waals surface area contributed by atoms with Gasteiger partial charge in [-0.25, -0.2) is 0 Å². The van der Waals surface area contributed by atoms with Gasteiger partial charge in [-0.2, -0.15) is 0 Å². The molecule has 0 bridgehead atoms. The zero-order chi connectivity index (χ0) is 18.5. The van der Waals surface area contributed by atoms with Gasteiger partial charge in [-0.1, -0.05) is 72.3 Å². The second-order valence-corrected chi connectivity index (χ2v) is 7.67. The molecule has 0 radical (unpaired) electrons. The molecule has 0 saturated carbocycles. The smallest absolute Gasteiger partial charge is 0.0458 e. The molecule has 0 amide bonds. The van der Waals surface area contributed by atoms with E-state index in [4.69, 9.17) is 11.6 Å². The number of benzene rings is 3. The summed E-state index contributed by atoms with van der Waals surface area (Å²) in [5.74, 6) is 0. The van der Waals surface area contributed by atoms with E-state index in [1.54, 1.807) is 0 Å². The SMILES string of the molecule is Cl.Cl.Clc1ccc(N2CCN(Cc3ccccc3)C[C@@H]2Cc2ccccc2)cc1. The zero-order valence-electron chi connectivity index (χ0n) is 16.3. The van der Waals surface area contributed by atoms with E-state index in [1.165, 1.54) is 16.8 Å². The fourth-order valence-corrected chi connectivity index (χ4v) is 4.06. The molecule has 29 heavy (non-hydrogen) atoms. The normalized spacial score (nSPS) is 16.6. The van der Waals surface area contributed by atoms with Crippen LogP contribution in [-0.2, 0) is 13.0 Å². The molecule has 1 atom stereocenters. The minimum absolute atomic E-state index is 0. The van der Waals surface area contributed by atoms with E-state index in [-0.39, 0.29) is 24.8 Å². The van der Waals surface area contributed by atoms with E-state index >= 15 is 0 Å². The van der Waals surface area contributed by atoms with Crippen LogP contribution >= 0.6 is 36.4 Å². The molecule has 0 aromatic heterocycles. The largest absolute Gasteiger partial charge is 0.366 e. The van der Waals surface area contributed by atoms with Crippen LogP contribution in [0.1, 0.15) is 11.1 Å². The second-order valence-electron chi connectivity index (χ2n) is 7.23. The van der Waals surface area contributed by atoms with Gasteiger partial charge in [0.2, 0.25) is 0 Å². The van der Waals surface area contributed by atoms with Gasteiger partial charge in [-0.3, -0.25) is 4.90 Å². The van der Waals surface area contributed by atoms with Gasteiger partial charge in [0.1, 0.15) is 0 Å². The molecular formula is C24H27Cl3N2. The lowest BCUT2D eigenvalue weighted by molar-refractivity contribution is 0.214. The van der Waals surface area contributed by atoms with E-state index in [9.17, 15) is 0 Å². The van der Waals surface area contributed by atoms with E-state index in [1.807, 2.05) is 12.1 Å². The molecule has 0 N–H and O–H groups in total. The summed E-state index contributed by atoms with van der Waals surface area (Å²) in [7, 11) is 0. The van der Waals surface area contributed by atoms with Gasteiger partial charge < -0.3 is 4.90 Å². The molecule has 0 spiro atoms. The third-order valence-corrected chi connectivity index (χ3v) is 5.54. The van der Waals surface area contributed by atoms with Crippen molar-refractivity contribution < 1.29 is 0 Å². The van der Waals surface area contributed by atoms with Crippen molar-refractivity contribution in [1.82, 2.24) is 4.90 Å². The van der Waals surface area contributed by atoms with Crippen molar-refractivity contribution in [3.8, 4) is 0 Å². The average molecular weight is 450 g/mol. The molecule has 3 aromatic rings. The molecule has 1 fully saturated rings. The maximum Gasteiger partial charge on any atom is 0.0458 e. The topological polar surface area (TPSA) is 6.48 Å². The summed E-state index contributed by atoms with van der Waals surface area (Å²) >= 11 is 6.10. The summed E-state index contributed by atoms with van der Waals surface area (Å²) in [5, 5.41) is 0.793. The minimum atomic E-state index is 0. The third kappa shape index (κ3) is 6.38. The molecule has 154 valence electrons. The first-order chi connectivity index (χ1) is 13.3. The molecule has 1 aliphatic heterocycles.